The van der Waals surface area contributed by atoms with Crippen molar-refractivity contribution in [3.63, 3.8) is 0 Å². The van der Waals surface area contributed by atoms with Crippen LogP contribution < -0.4 is 14.2 Å². The lowest BCUT2D eigenvalue weighted by Crippen LogP contribution is -2.29. The van der Waals surface area contributed by atoms with Crippen LogP contribution in [0.4, 0.5) is 0 Å². The monoisotopic (exact) mass is 474 g/mol. The highest BCUT2D eigenvalue weighted by molar-refractivity contribution is 6.18. The summed E-state index contributed by atoms with van der Waals surface area (Å²) in [6.07, 6.45) is 0.332. The summed E-state index contributed by atoms with van der Waals surface area (Å²) < 4.78 is 33.0. The normalized spacial score (nSPS) is 16.9. The van der Waals surface area contributed by atoms with Gasteiger partial charge in [-0.05, 0) is 35.4 Å². The lowest BCUT2D eigenvalue weighted by molar-refractivity contribution is -0.195. The van der Waals surface area contributed by atoms with Crippen LogP contribution in [-0.4, -0.2) is 25.8 Å². The van der Waals surface area contributed by atoms with Crippen LogP contribution in [0.5, 0.6) is 17.2 Å². The molecule has 0 amide bonds. The van der Waals surface area contributed by atoms with E-state index < -0.39 is 18.2 Å². The van der Waals surface area contributed by atoms with Crippen molar-refractivity contribution >= 4 is 18.0 Å². The first-order valence-electron chi connectivity index (χ1n) is 10.9. The average Bonchev–Trinajstić information content (AvgIpc) is 2.90. The molecule has 0 atom stereocenters. The third kappa shape index (κ3) is 4.83. The number of ether oxygens (including phenoxy) is 6. The second kappa shape index (κ2) is 9.90. The average molecular weight is 474 g/mol. The zero-order valence-corrected chi connectivity index (χ0v) is 18.9. The topological polar surface area (TPSA) is 89.5 Å². The second-order valence-electron chi connectivity index (χ2n) is 7.81. The molecule has 8 nitrogen and oxygen atoms in total. The largest absolute Gasteiger partial charge is 0.493 e. The molecule has 0 aromatic heterocycles. The van der Waals surface area contributed by atoms with E-state index in [9.17, 15) is 9.59 Å². The minimum atomic E-state index is -1.07. The number of hydrogen-bond donors (Lipinski definition) is 0. The van der Waals surface area contributed by atoms with Gasteiger partial charge in [0.15, 0.2) is 18.3 Å². The summed E-state index contributed by atoms with van der Waals surface area (Å²) >= 11 is 0. The second-order valence-corrected chi connectivity index (χ2v) is 7.81. The lowest BCUT2D eigenvalue weighted by Gasteiger charge is -2.24. The van der Waals surface area contributed by atoms with Crippen LogP contribution in [0.25, 0.3) is 6.08 Å². The molecule has 0 bridgehead atoms. The zero-order valence-electron chi connectivity index (χ0n) is 18.9. The maximum absolute atomic E-state index is 12.5. The van der Waals surface area contributed by atoms with E-state index in [0.29, 0.717) is 29.2 Å². The van der Waals surface area contributed by atoms with Crippen molar-refractivity contribution in [2.24, 2.45) is 0 Å². The van der Waals surface area contributed by atoms with Gasteiger partial charge in [-0.25, -0.2) is 9.59 Å². The van der Waals surface area contributed by atoms with E-state index in [1.165, 1.54) is 13.2 Å². The summed E-state index contributed by atoms with van der Waals surface area (Å²) in [6, 6.07) is 19.6. The molecule has 3 aromatic rings. The molecule has 35 heavy (non-hydrogen) atoms. The first kappa shape index (κ1) is 22.5. The Morgan fingerprint density at radius 2 is 1.74 bits per heavy atom. The number of rotatable bonds is 6. The first-order valence-corrected chi connectivity index (χ1v) is 10.9. The number of carbonyl (C=O) groups is 2. The number of benzene rings is 3. The SMILES string of the molecule is COc1cc(C=C2C(=O)OC(c3ccccc3)OC2=O)ccc1OCc1cccc2c1COCO2. The summed E-state index contributed by atoms with van der Waals surface area (Å²) in [5, 5.41) is 0. The van der Waals surface area contributed by atoms with Gasteiger partial charge in [0.25, 0.3) is 6.29 Å². The number of carbonyl (C=O) groups excluding carboxylic acids is 2. The molecular formula is C27H22O8. The molecule has 3 aromatic carbocycles. The summed E-state index contributed by atoms with van der Waals surface area (Å²) in [6.45, 7) is 0.970. The van der Waals surface area contributed by atoms with Crippen molar-refractivity contribution in [3.8, 4) is 17.2 Å². The van der Waals surface area contributed by atoms with Crippen molar-refractivity contribution in [1.82, 2.24) is 0 Å². The molecule has 5 rings (SSSR count). The molecule has 0 saturated carbocycles. The molecule has 0 unspecified atom stereocenters. The van der Waals surface area contributed by atoms with Crippen molar-refractivity contribution in [2.75, 3.05) is 13.9 Å². The smallest absolute Gasteiger partial charge is 0.348 e. The van der Waals surface area contributed by atoms with Crippen LogP contribution in [0.1, 0.15) is 28.5 Å². The van der Waals surface area contributed by atoms with Crippen LogP contribution in [0.3, 0.4) is 0 Å². The highest BCUT2D eigenvalue weighted by Crippen LogP contribution is 2.33. The van der Waals surface area contributed by atoms with Crippen LogP contribution in [-0.2, 0) is 37.0 Å². The highest BCUT2D eigenvalue weighted by Gasteiger charge is 2.34. The number of cyclic esters (lactones) is 2. The molecule has 178 valence electrons. The third-order valence-corrected chi connectivity index (χ3v) is 5.60. The molecule has 2 heterocycles. The summed E-state index contributed by atoms with van der Waals surface area (Å²) in [4.78, 5) is 25.0. The number of hydrogen-bond acceptors (Lipinski definition) is 8. The van der Waals surface area contributed by atoms with Crippen LogP contribution in [0, 0.1) is 0 Å². The van der Waals surface area contributed by atoms with Gasteiger partial charge < -0.3 is 28.4 Å². The quantitative estimate of drug-likeness (QED) is 0.296. The van der Waals surface area contributed by atoms with Gasteiger partial charge >= 0.3 is 11.9 Å². The fourth-order valence-electron chi connectivity index (χ4n) is 3.80. The summed E-state index contributed by atoms with van der Waals surface area (Å²) in [5.41, 5.74) is 2.81. The van der Waals surface area contributed by atoms with Crippen LogP contribution in [0.15, 0.2) is 72.3 Å². The number of fused-ring (bicyclic) bond motifs is 1. The van der Waals surface area contributed by atoms with Gasteiger partial charge in [-0.2, -0.15) is 0 Å². The van der Waals surface area contributed by atoms with Gasteiger partial charge in [-0.15, -0.1) is 0 Å². The molecule has 1 fully saturated rings. The summed E-state index contributed by atoms with van der Waals surface area (Å²) in [5.74, 6) is 0.214. The fourth-order valence-corrected chi connectivity index (χ4v) is 3.80. The zero-order chi connectivity index (χ0) is 24.2. The highest BCUT2D eigenvalue weighted by atomic mass is 16.7. The van der Waals surface area contributed by atoms with E-state index in [-0.39, 0.29) is 19.0 Å². The van der Waals surface area contributed by atoms with Crippen molar-refractivity contribution in [1.29, 1.82) is 0 Å². The molecule has 2 aliphatic rings. The Kier molecular flexibility index (Phi) is 6.36. The predicted octanol–water partition coefficient (Wildman–Crippen LogP) is 4.32. The molecule has 8 heteroatoms. The van der Waals surface area contributed by atoms with E-state index in [4.69, 9.17) is 28.4 Å². The maximum Gasteiger partial charge on any atom is 0.348 e. The van der Waals surface area contributed by atoms with Gasteiger partial charge in [0.2, 0.25) is 0 Å². The Morgan fingerprint density at radius 3 is 2.51 bits per heavy atom. The number of esters is 2. The van der Waals surface area contributed by atoms with Crippen LogP contribution in [0.2, 0.25) is 0 Å². The van der Waals surface area contributed by atoms with Crippen molar-refractivity contribution < 1.29 is 38.0 Å². The summed E-state index contributed by atoms with van der Waals surface area (Å²) in [7, 11) is 1.51. The van der Waals surface area contributed by atoms with Gasteiger partial charge in [-0.3, -0.25) is 0 Å². The first-order chi connectivity index (χ1) is 17.1. The molecule has 0 aliphatic carbocycles. The standard InChI is InChI=1S/C27H22O8/c1-30-24-13-17(12-20-25(28)34-27(35-26(20)29)18-6-3-2-4-7-18)10-11-23(24)32-14-19-8-5-9-22-21(19)15-31-16-33-22/h2-13,27H,14-16H2,1H3. The molecule has 0 spiro atoms. The third-order valence-electron chi connectivity index (χ3n) is 5.60. The molecular weight excluding hydrogens is 452 g/mol. The predicted molar refractivity (Wildman–Crippen MR) is 123 cm³/mol. The Bertz CT molecular complexity index is 1260. The van der Waals surface area contributed by atoms with Crippen molar-refractivity contribution in [2.45, 2.75) is 19.5 Å². The van der Waals surface area contributed by atoms with E-state index in [2.05, 4.69) is 0 Å². The van der Waals surface area contributed by atoms with E-state index in [1.54, 1.807) is 42.5 Å². The lowest BCUT2D eigenvalue weighted by atomic mass is 10.1. The van der Waals surface area contributed by atoms with E-state index >= 15 is 0 Å². The van der Waals surface area contributed by atoms with Gasteiger partial charge in [0.1, 0.15) is 17.9 Å². The Labute approximate surface area is 201 Å². The Hall–Kier alpha value is -4.30. The minimum Gasteiger partial charge on any atom is -0.493 e. The van der Waals surface area contributed by atoms with Gasteiger partial charge in [0, 0.05) is 11.1 Å². The minimum absolute atomic E-state index is 0.205. The molecule has 0 N–H and O–H groups in total. The molecule has 0 radical (unpaired) electrons. The Morgan fingerprint density at radius 1 is 0.943 bits per heavy atom. The molecule has 1 saturated heterocycles. The van der Waals surface area contributed by atoms with E-state index in [1.807, 2.05) is 24.3 Å². The Balaban J connectivity index is 1.31. The fraction of sp³-hybridized carbons (Fsp3) is 0.185. The van der Waals surface area contributed by atoms with Crippen molar-refractivity contribution in [3.05, 3.63) is 94.6 Å². The van der Waals surface area contributed by atoms with Crippen LogP contribution >= 0.6 is 0 Å². The number of methoxy groups -OCH3 is 1. The van der Waals surface area contributed by atoms with Gasteiger partial charge in [-0.1, -0.05) is 48.5 Å². The molecule has 2 aliphatic heterocycles. The maximum atomic E-state index is 12.5. The van der Waals surface area contributed by atoms with E-state index in [0.717, 1.165) is 16.9 Å². The van der Waals surface area contributed by atoms with Gasteiger partial charge in [0.05, 0.1) is 13.7 Å².